The monoisotopic (exact) mass is 289 g/mol. The van der Waals surface area contributed by atoms with Crippen LogP contribution >= 0.6 is 0 Å². The van der Waals surface area contributed by atoms with Gasteiger partial charge in [-0.1, -0.05) is 12.1 Å². The Balaban J connectivity index is 2.39. The van der Waals surface area contributed by atoms with Gasteiger partial charge in [-0.15, -0.1) is 0 Å². The van der Waals surface area contributed by atoms with Crippen LogP contribution in [0.3, 0.4) is 0 Å². The molecule has 6 heteroatoms. The zero-order chi connectivity index (χ0) is 15.7. The van der Waals surface area contributed by atoms with E-state index in [4.69, 9.17) is 5.26 Å². The third-order valence-corrected chi connectivity index (χ3v) is 2.86. The van der Waals surface area contributed by atoms with Gasteiger partial charge in [-0.3, -0.25) is 14.5 Å². The van der Waals surface area contributed by atoms with E-state index in [1.54, 1.807) is 36.2 Å². The lowest BCUT2D eigenvalue weighted by molar-refractivity contribution is -0.141. The molecule has 0 aromatic heterocycles. The molecule has 0 aliphatic heterocycles. The molecule has 0 heterocycles. The number of nitrogens with zero attached hydrogens (tertiary/aromatic N) is 2. The molecule has 1 N–H and O–H groups in total. The van der Waals surface area contributed by atoms with Crippen molar-refractivity contribution in [3.63, 3.8) is 0 Å². The minimum absolute atomic E-state index is 0.157. The Morgan fingerprint density at radius 1 is 1.33 bits per heavy atom. The first-order valence-corrected chi connectivity index (χ1v) is 6.56. The maximum absolute atomic E-state index is 11.8. The fourth-order valence-electron chi connectivity index (χ4n) is 1.71. The lowest BCUT2D eigenvalue weighted by Crippen LogP contribution is -2.31. The molecule has 0 fully saturated rings. The molecule has 0 saturated carbocycles. The largest absolute Gasteiger partial charge is 0.469 e. The van der Waals surface area contributed by atoms with Crippen LogP contribution in [0.4, 0.5) is 5.69 Å². The highest BCUT2D eigenvalue weighted by molar-refractivity contribution is 5.92. The summed E-state index contributed by atoms with van der Waals surface area (Å²) in [4.78, 5) is 24.6. The summed E-state index contributed by atoms with van der Waals surface area (Å²) in [6.07, 6.45) is 0.605. The second-order valence-electron chi connectivity index (χ2n) is 4.64. The summed E-state index contributed by atoms with van der Waals surface area (Å²) in [5, 5.41) is 11.3. The summed E-state index contributed by atoms with van der Waals surface area (Å²) in [7, 11) is 3.10. The highest BCUT2D eigenvalue weighted by atomic mass is 16.5. The number of amides is 1. The molecular formula is C15H19N3O3. The number of benzene rings is 1. The summed E-state index contributed by atoms with van der Waals surface area (Å²) < 4.78 is 4.54. The van der Waals surface area contributed by atoms with Crippen molar-refractivity contribution >= 4 is 17.6 Å². The van der Waals surface area contributed by atoms with Gasteiger partial charge in [0.05, 0.1) is 32.6 Å². The number of rotatable bonds is 7. The Morgan fingerprint density at radius 3 is 2.57 bits per heavy atom. The second-order valence-corrected chi connectivity index (χ2v) is 4.64. The van der Waals surface area contributed by atoms with Gasteiger partial charge in [0.15, 0.2) is 0 Å². The van der Waals surface area contributed by atoms with E-state index < -0.39 is 0 Å². The first-order valence-electron chi connectivity index (χ1n) is 6.56. The molecule has 0 bridgehead atoms. The van der Waals surface area contributed by atoms with Crippen molar-refractivity contribution in [1.29, 1.82) is 5.26 Å². The van der Waals surface area contributed by atoms with E-state index in [9.17, 15) is 9.59 Å². The highest BCUT2D eigenvalue weighted by Crippen LogP contribution is 2.09. The van der Waals surface area contributed by atoms with Gasteiger partial charge in [-0.05, 0) is 24.7 Å². The third-order valence-electron chi connectivity index (χ3n) is 2.86. The van der Waals surface area contributed by atoms with Crippen LogP contribution in [0, 0.1) is 11.3 Å². The van der Waals surface area contributed by atoms with Crippen molar-refractivity contribution in [2.75, 3.05) is 32.6 Å². The quantitative estimate of drug-likeness (QED) is 0.762. The normalized spacial score (nSPS) is 10.0. The zero-order valence-corrected chi connectivity index (χ0v) is 12.3. The number of ether oxygens (including phenoxy) is 1. The Bertz CT molecular complexity index is 520. The number of methoxy groups -OCH3 is 1. The molecule has 1 aromatic rings. The van der Waals surface area contributed by atoms with Crippen molar-refractivity contribution in [3.05, 3.63) is 29.8 Å². The molecule has 112 valence electrons. The molecule has 1 aromatic carbocycles. The van der Waals surface area contributed by atoms with E-state index in [2.05, 4.69) is 16.1 Å². The van der Waals surface area contributed by atoms with Crippen LogP contribution in [0.1, 0.15) is 12.0 Å². The van der Waals surface area contributed by atoms with Gasteiger partial charge < -0.3 is 10.1 Å². The zero-order valence-electron chi connectivity index (χ0n) is 12.3. The number of hydrogen-bond acceptors (Lipinski definition) is 5. The van der Waals surface area contributed by atoms with E-state index in [1.165, 1.54) is 7.11 Å². The van der Waals surface area contributed by atoms with Crippen LogP contribution in [0.15, 0.2) is 24.3 Å². The Morgan fingerprint density at radius 2 is 2.00 bits per heavy atom. The first-order chi connectivity index (χ1) is 10.0. The molecule has 0 saturated heterocycles. The number of esters is 1. The fourth-order valence-corrected chi connectivity index (χ4v) is 1.71. The maximum Gasteiger partial charge on any atom is 0.306 e. The molecule has 0 unspecified atom stereocenters. The topological polar surface area (TPSA) is 82.4 Å². The fraction of sp³-hybridized carbons (Fsp3) is 0.400. The van der Waals surface area contributed by atoms with E-state index in [1.807, 2.05) is 0 Å². The molecule has 0 aliphatic carbocycles. The SMILES string of the molecule is COC(=O)CCN(C)CC(=O)Nc1ccc(CC#N)cc1. The van der Waals surface area contributed by atoms with Gasteiger partial charge in [0.2, 0.25) is 5.91 Å². The predicted octanol–water partition coefficient (Wildman–Crippen LogP) is 1.19. The Labute approximate surface area is 124 Å². The number of nitriles is 1. The summed E-state index contributed by atoms with van der Waals surface area (Å²) in [5.74, 6) is -0.453. The average Bonchev–Trinajstić information content (AvgIpc) is 2.47. The number of nitrogens with one attached hydrogen (secondary N) is 1. The van der Waals surface area contributed by atoms with Crippen LogP contribution < -0.4 is 5.32 Å². The predicted molar refractivity (Wildman–Crippen MR) is 78.5 cm³/mol. The standard InChI is InChI=1S/C15H19N3O3/c1-18(10-8-15(20)21-2)11-14(19)17-13-5-3-12(4-6-13)7-9-16/h3-6H,7-8,10-11H2,1-2H3,(H,17,19). The molecule has 21 heavy (non-hydrogen) atoms. The molecule has 0 aliphatic rings. The molecule has 0 atom stereocenters. The van der Waals surface area contributed by atoms with Crippen LogP contribution in [0.2, 0.25) is 0 Å². The lowest BCUT2D eigenvalue weighted by atomic mass is 10.1. The molecule has 6 nitrogen and oxygen atoms in total. The van der Waals surface area contributed by atoms with E-state index >= 15 is 0 Å². The smallest absolute Gasteiger partial charge is 0.306 e. The van der Waals surface area contributed by atoms with Crippen molar-refractivity contribution in [2.45, 2.75) is 12.8 Å². The van der Waals surface area contributed by atoms with Crippen LogP contribution in [-0.2, 0) is 20.7 Å². The van der Waals surface area contributed by atoms with Crippen LogP contribution in [0.25, 0.3) is 0 Å². The minimum Gasteiger partial charge on any atom is -0.469 e. The average molecular weight is 289 g/mol. The molecular weight excluding hydrogens is 270 g/mol. The van der Waals surface area contributed by atoms with Crippen molar-refractivity contribution in [1.82, 2.24) is 4.90 Å². The van der Waals surface area contributed by atoms with Crippen molar-refractivity contribution < 1.29 is 14.3 Å². The van der Waals surface area contributed by atoms with E-state index in [0.29, 0.717) is 18.7 Å². The number of hydrogen-bond donors (Lipinski definition) is 1. The molecule has 1 amide bonds. The number of likely N-dealkylation sites (N-methyl/N-ethyl adjacent to an activating group) is 1. The molecule has 0 radical (unpaired) electrons. The van der Waals surface area contributed by atoms with Crippen molar-refractivity contribution in [3.8, 4) is 6.07 Å². The first kappa shape index (κ1) is 16.7. The van der Waals surface area contributed by atoms with Gasteiger partial charge in [0.25, 0.3) is 0 Å². The van der Waals surface area contributed by atoms with Gasteiger partial charge in [-0.25, -0.2) is 0 Å². The highest BCUT2D eigenvalue weighted by Gasteiger charge is 2.09. The molecule has 1 rings (SSSR count). The summed E-state index contributed by atoms with van der Waals surface area (Å²) >= 11 is 0. The van der Waals surface area contributed by atoms with E-state index in [0.717, 1.165) is 5.56 Å². The summed E-state index contributed by atoms with van der Waals surface area (Å²) in [6.45, 7) is 0.651. The second kappa shape index (κ2) is 8.72. The third kappa shape index (κ3) is 6.54. The maximum atomic E-state index is 11.8. The van der Waals surface area contributed by atoms with Gasteiger partial charge in [-0.2, -0.15) is 5.26 Å². The number of anilines is 1. The van der Waals surface area contributed by atoms with E-state index in [-0.39, 0.29) is 24.8 Å². The van der Waals surface area contributed by atoms with Crippen LogP contribution in [0.5, 0.6) is 0 Å². The van der Waals surface area contributed by atoms with Gasteiger partial charge in [0.1, 0.15) is 0 Å². The van der Waals surface area contributed by atoms with Gasteiger partial charge >= 0.3 is 5.97 Å². The van der Waals surface area contributed by atoms with Crippen molar-refractivity contribution in [2.24, 2.45) is 0 Å². The number of carbonyl (C=O) groups is 2. The number of carbonyl (C=O) groups excluding carboxylic acids is 2. The van der Waals surface area contributed by atoms with Crippen LogP contribution in [-0.4, -0.2) is 44.0 Å². The summed E-state index contributed by atoms with van der Waals surface area (Å²) in [6, 6.07) is 9.20. The Kier molecular flexibility index (Phi) is 6.92. The van der Waals surface area contributed by atoms with Gasteiger partial charge in [0, 0.05) is 12.2 Å². The molecule has 0 spiro atoms. The summed E-state index contributed by atoms with van der Waals surface area (Å²) in [5.41, 5.74) is 1.59. The minimum atomic E-state index is -0.296. The lowest BCUT2D eigenvalue weighted by Gasteiger charge is -2.15. The Hall–Kier alpha value is -2.39.